The molecule has 6 heteroatoms. The number of thiol groups is 1. The summed E-state index contributed by atoms with van der Waals surface area (Å²) in [5.74, 6) is -0.281. The molecule has 0 saturated heterocycles. The van der Waals surface area contributed by atoms with Crippen molar-refractivity contribution in [2.45, 2.75) is 18.7 Å². The first-order valence-electron chi connectivity index (χ1n) is 3.13. The lowest BCUT2D eigenvalue weighted by Gasteiger charge is -2.18. The van der Waals surface area contributed by atoms with E-state index >= 15 is 0 Å². The van der Waals surface area contributed by atoms with Crippen LogP contribution in [0.15, 0.2) is 0 Å². The SMILES string of the molecule is CC(C)(S)NCCS(=O)(=O)O. The molecule has 0 aliphatic carbocycles. The molecule has 0 aliphatic heterocycles. The van der Waals surface area contributed by atoms with Gasteiger partial charge in [0.05, 0.1) is 10.6 Å². The monoisotopic (exact) mass is 199 g/mol. The van der Waals surface area contributed by atoms with Crippen LogP contribution in [0.2, 0.25) is 0 Å². The van der Waals surface area contributed by atoms with E-state index in [-0.39, 0.29) is 12.3 Å². The second kappa shape index (κ2) is 3.75. The Kier molecular flexibility index (Phi) is 3.83. The van der Waals surface area contributed by atoms with Crippen molar-refractivity contribution in [1.29, 1.82) is 0 Å². The van der Waals surface area contributed by atoms with E-state index in [0.717, 1.165) is 0 Å². The standard InChI is InChI=1S/C5H13NO3S2/c1-5(2,10)6-3-4-11(7,8)9/h6,10H,3-4H2,1-2H3,(H,7,8,9). The highest BCUT2D eigenvalue weighted by molar-refractivity contribution is 7.85. The molecule has 0 amide bonds. The van der Waals surface area contributed by atoms with E-state index in [0.29, 0.717) is 0 Å². The van der Waals surface area contributed by atoms with Crippen LogP contribution in [-0.2, 0) is 10.1 Å². The minimum atomic E-state index is -3.84. The normalized spacial score (nSPS) is 13.5. The molecule has 0 fully saturated rings. The van der Waals surface area contributed by atoms with E-state index in [1.807, 2.05) is 0 Å². The highest BCUT2D eigenvalue weighted by atomic mass is 32.2. The Bertz CT molecular complexity index is 204. The number of nitrogens with one attached hydrogen (secondary N) is 1. The fourth-order valence-corrected chi connectivity index (χ4v) is 0.958. The minimum Gasteiger partial charge on any atom is -0.302 e. The molecule has 0 heterocycles. The third-order valence-electron chi connectivity index (χ3n) is 0.918. The molecule has 0 atom stereocenters. The van der Waals surface area contributed by atoms with Crippen LogP contribution in [0.5, 0.6) is 0 Å². The number of hydrogen-bond donors (Lipinski definition) is 3. The Morgan fingerprint density at radius 1 is 1.55 bits per heavy atom. The van der Waals surface area contributed by atoms with Crippen LogP contribution in [0.25, 0.3) is 0 Å². The summed E-state index contributed by atoms with van der Waals surface area (Å²) < 4.78 is 28.7. The number of rotatable bonds is 4. The highest BCUT2D eigenvalue weighted by Crippen LogP contribution is 2.05. The van der Waals surface area contributed by atoms with Crippen LogP contribution in [-0.4, -0.2) is 30.1 Å². The van der Waals surface area contributed by atoms with Crippen molar-refractivity contribution in [3.63, 3.8) is 0 Å². The second-order valence-electron chi connectivity index (χ2n) is 2.77. The second-order valence-corrected chi connectivity index (χ2v) is 5.46. The molecule has 0 unspecified atom stereocenters. The average Bonchev–Trinajstić information content (AvgIpc) is 1.55. The van der Waals surface area contributed by atoms with Gasteiger partial charge in [-0.2, -0.15) is 21.0 Å². The molecule has 0 aliphatic rings. The summed E-state index contributed by atoms with van der Waals surface area (Å²) in [6, 6.07) is 0. The van der Waals surface area contributed by atoms with Crippen molar-refractivity contribution in [2.24, 2.45) is 0 Å². The van der Waals surface area contributed by atoms with E-state index in [2.05, 4.69) is 17.9 Å². The van der Waals surface area contributed by atoms with Crippen molar-refractivity contribution in [1.82, 2.24) is 5.32 Å². The molecule has 68 valence electrons. The summed E-state index contributed by atoms with van der Waals surface area (Å²) in [7, 11) is -3.84. The smallest absolute Gasteiger partial charge is 0.266 e. The molecule has 0 saturated carbocycles. The molecule has 0 spiro atoms. The van der Waals surface area contributed by atoms with Gasteiger partial charge in [0, 0.05) is 6.54 Å². The quantitative estimate of drug-likeness (QED) is 0.342. The van der Waals surface area contributed by atoms with Crippen molar-refractivity contribution in [3.8, 4) is 0 Å². The van der Waals surface area contributed by atoms with Gasteiger partial charge in [-0.15, -0.1) is 0 Å². The van der Waals surface area contributed by atoms with Crippen LogP contribution >= 0.6 is 12.6 Å². The molecule has 0 radical (unpaired) electrons. The average molecular weight is 199 g/mol. The van der Waals surface area contributed by atoms with Gasteiger partial charge in [-0.25, -0.2) is 0 Å². The molecular weight excluding hydrogens is 186 g/mol. The maximum absolute atomic E-state index is 10.2. The van der Waals surface area contributed by atoms with Gasteiger partial charge < -0.3 is 5.32 Å². The molecule has 0 aromatic carbocycles. The van der Waals surface area contributed by atoms with Gasteiger partial charge in [-0.1, -0.05) is 0 Å². The van der Waals surface area contributed by atoms with Crippen molar-refractivity contribution < 1.29 is 13.0 Å². The van der Waals surface area contributed by atoms with Gasteiger partial charge in [0.2, 0.25) is 0 Å². The molecule has 0 aromatic heterocycles. The maximum Gasteiger partial charge on any atom is 0.266 e. The predicted molar refractivity (Wildman–Crippen MR) is 47.5 cm³/mol. The summed E-state index contributed by atoms with van der Waals surface area (Å²) in [6.07, 6.45) is 0. The third kappa shape index (κ3) is 10.2. The molecule has 0 bridgehead atoms. The highest BCUT2D eigenvalue weighted by Gasteiger charge is 2.11. The van der Waals surface area contributed by atoms with Crippen LogP contribution < -0.4 is 5.32 Å². The Balaban J connectivity index is 3.61. The van der Waals surface area contributed by atoms with Crippen LogP contribution in [0.4, 0.5) is 0 Å². The van der Waals surface area contributed by atoms with E-state index in [4.69, 9.17) is 4.55 Å². The van der Waals surface area contributed by atoms with Gasteiger partial charge in [0.1, 0.15) is 0 Å². The van der Waals surface area contributed by atoms with Gasteiger partial charge >= 0.3 is 0 Å². The first-order chi connectivity index (χ1) is 4.71. The predicted octanol–water partition coefficient (Wildman–Crippen LogP) is 0.130. The molecule has 0 rings (SSSR count). The lowest BCUT2D eigenvalue weighted by molar-refractivity contribution is 0.476. The van der Waals surface area contributed by atoms with E-state index < -0.39 is 15.0 Å². The van der Waals surface area contributed by atoms with Crippen molar-refractivity contribution in [2.75, 3.05) is 12.3 Å². The van der Waals surface area contributed by atoms with Crippen molar-refractivity contribution in [3.05, 3.63) is 0 Å². The fraction of sp³-hybridized carbons (Fsp3) is 1.00. The van der Waals surface area contributed by atoms with E-state index in [9.17, 15) is 8.42 Å². The Hall–Kier alpha value is 0.220. The summed E-state index contributed by atoms with van der Waals surface area (Å²) >= 11 is 4.10. The first-order valence-corrected chi connectivity index (χ1v) is 5.19. The summed E-state index contributed by atoms with van der Waals surface area (Å²) in [5, 5.41) is 2.80. The lowest BCUT2D eigenvalue weighted by atomic mass is 10.4. The molecule has 0 aromatic rings. The van der Waals surface area contributed by atoms with Crippen LogP contribution in [0.3, 0.4) is 0 Å². The summed E-state index contributed by atoms with van der Waals surface area (Å²) in [5.41, 5.74) is 0. The van der Waals surface area contributed by atoms with Crippen LogP contribution in [0.1, 0.15) is 13.8 Å². The largest absolute Gasteiger partial charge is 0.302 e. The van der Waals surface area contributed by atoms with Crippen LogP contribution in [0, 0.1) is 0 Å². The first kappa shape index (κ1) is 11.2. The Morgan fingerprint density at radius 3 is 2.27 bits per heavy atom. The van der Waals surface area contributed by atoms with Gasteiger partial charge in [0.15, 0.2) is 0 Å². The number of hydrogen-bond acceptors (Lipinski definition) is 4. The zero-order valence-corrected chi connectivity index (χ0v) is 8.24. The molecule has 11 heavy (non-hydrogen) atoms. The van der Waals surface area contributed by atoms with Gasteiger partial charge in [-0.3, -0.25) is 4.55 Å². The van der Waals surface area contributed by atoms with Gasteiger partial charge in [0.25, 0.3) is 10.1 Å². The zero-order valence-electron chi connectivity index (χ0n) is 6.53. The summed E-state index contributed by atoms with van der Waals surface area (Å²) in [6.45, 7) is 3.79. The third-order valence-corrected chi connectivity index (χ3v) is 1.80. The zero-order chi connectivity index (χ0) is 9.12. The van der Waals surface area contributed by atoms with Gasteiger partial charge in [-0.05, 0) is 13.8 Å². The Labute approximate surface area is 72.5 Å². The van der Waals surface area contributed by atoms with Crippen molar-refractivity contribution >= 4 is 22.7 Å². The Morgan fingerprint density at radius 2 is 2.00 bits per heavy atom. The minimum absolute atomic E-state index is 0.204. The van der Waals surface area contributed by atoms with E-state index in [1.165, 1.54) is 0 Å². The topological polar surface area (TPSA) is 66.4 Å². The lowest BCUT2D eigenvalue weighted by Crippen LogP contribution is -2.36. The molecule has 2 N–H and O–H groups in total. The molecular formula is C5H13NO3S2. The molecule has 4 nitrogen and oxygen atoms in total. The summed E-state index contributed by atoms with van der Waals surface area (Å²) in [4.78, 5) is -0.412. The fourth-order valence-electron chi connectivity index (χ4n) is 0.486. The van der Waals surface area contributed by atoms with E-state index in [1.54, 1.807) is 13.8 Å². The maximum atomic E-state index is 10.2.